The van der Waals surface area contributed by atoms with Crippen molar-refractivity contribution >= 4 is 22.2 Å². The number of nitrogens with zero attached hydrogens (tertiary/aromatic N) is 2. The van der Waals surface area contributed by atoms with Gasteiger partial charge < -0.3 is 14.8 Å². The molecule has 1 amide bonds. The average Bonchev–Trinajstić information content (AvgIpc) is 3.16. The topological polar surface area (TPSA) is 64.9 Å². The minimum atomic E-state index is -0.0557. The zero-order valence-corrected chi connectivity index (χ0v) is 13.4. The Bertz CT molecular complexity index is 710. The third-order valence-electron chi connectivity index (χ3n) is 4.84. The Labute approximate surface area is 132 Å². The first-order chi connectivity index (χ1) is 10.7. The smallest absolute Gasteiger partial charge is 0.270 e. The van der Waals surface area contributed by atoms with Gasteiger partial charge in [0.25, 0.3) is 5.91 Å². The number of hydrogen-bond donors (Lipinski definition) is 1. The van der Waals surface area contributed by atoms with Crippen LogP contribution in [-0.2, 0) is 9.47 Å². The van der Waals surface area contributed by atoms with Gasteiger partial charge in [0, 0.05) is 43.2 Å². The molecule has 2 aromatic heterocycles. The van der Waals surface area contributed by atoms with Gasteiger partial charge in [-0.1, -0.05) is 0 Å². The fraction of sp³-hybridized carbons (Fsp3) is 0.600. The number of rotatable bonds is 4. The van der Waals surface area contributed by atoms with Crippen molar-refractivity contribution in [3.8, 4) is 0 Å². The second-order valence-corrected chi connectivity index (χ2v) is 6.88. The summed E-state index contributed by atoms with van der Waals surface area (Å²) in [5, 5.41) is 5.13. The monoisotopic (exact) mass is 321 g/mol. The van der Waals surface area contributed by atoms with Crippen LogP contribution in [0.5, 0.6) is 0 Å². The summed E-state index contributed by atoms with van der Waals surface area (Å²) in [4.78, 5) is 18.0. The van der Waals surface area contributed by atoms with Crippen LogP contribution in [0.3, 0.4) is 0 Å². The largest absolute Gasteiger partial charge is 0.384 e. The molecule has 1 N–H and O–H groups in total. The lowest BCUT2D eigenvalue weighted by atomic mass is 9.67. The van der Waals surface area contributed by atoms with Gasteiger partial charge in [-0.15, -0.1) is 11.3 Å². The van der Waals surface area contributed by atoms with Gasteiger partial charge in [0.05, 0.1) is 18.4 Å². The molecule has 0 unspecified atom stereocenters. The molecule has 4 atom stereocenters. The fourth-order valence-electron chi connectivity index (χ4n) is 3.82. The molecular formula is C15H19N3O3S. The maximum atomic E-state index is 12.7. The quantitative estimate of drug-likeness (QED) is 0.926. The van der Waals surface area contributed by atoms with Crippen molar-refractivity contribution in [2.75, 3.05) is 20.3 Å². The molecule has 2 aromatic rings. The lowest BCUT2D eigenvalue weighted by Gasteiger charge is -2.47. The number of amides is 1. The summed E-state index contributed by atoms with van der Waals surface area (Å²) in [7, 11) is 1.69. The predicted molar refractivity (Wildman–Crippen MR) is 82.3 cm³/mol. The third-order valence-corrected chi connectivity index (χ3v) is 5.59. The first-order valence-electron chi connectivity index (χ1n) is 7.54. The summed E-state index contributed by atoms with van der Waals surface area (Å²) >= 11 is 1.53. The Hall–Kier alpha value is -1.44. The summed E-state index contributed by atoms with van der Waals surface area (Å²) in [5.41, 5.74) is 1.40. The van der Waals surface area contributed by atoms with Crippen molar-refractivity contribution in [3.63, 3.8) is 0 Å². The molecule has 2 fully saturated rings. The molecule has 4 rings (SSSR count). The zero-order chi connectivity index (χ0) is 15.3. The number of imidazole rings is 1. The number of hydrogen-bond acceptors (Lipinski definition) is 5. The van der Waals surface area contributed by atoms with E-state index in [1.807, 2.05) is 22.9 Å². The number of carbonyl (C=O) groups excluding carboxylic acids is 1. The molecule has 3 heterocycles. The highest BCUT2D eigenvalue weighted by molar-refractivity contribution is 7.15. The highest BCUT2D eigenvalue weighted by atomic mass is 32.1. The third kappa shape index (κ3) is 2.00. The lowest BCUT2D eigenvalue weighted by Crippen LogP contribution is -2.62. The molecule has 0 radical (unpaired) electrons. The Morgan fingerprint density at radius 2 is 2.50 bits per heavy atom. The Morgan fingerprint density at radius 1 is 1.64 bits per heavy atom. The van der Waals surface area contributed by atoms with Crippen LogP contribution in [-0.4, -0.2) is 47.8 Å². The van der Waals surface area contributed by atoms with E-state index in [0.717, 1.165) is 23.7 Å². The van der Waals surface area contributed by atoms with Crippen molar-refractivity contribution in [2.45, 2.75) is 25.5 Å². The summed E-state index contributed by atoms with van der Waals surface area (Å²) < 4.78 is 12.9. The maximum absolute atomic E-state index is 12.7. The van der Waals surface area contributed by atoms with Gasteiger partial charge in [-0.05, 0) is 13.3 Å². The Balaban J connectivity index is 1.56. The molecule has 118 valence electrons. The van der Waals surface area contributed by atoms with Gasteiger partial charge >= 0.3 is 0 Å². The van der Waals surface area contributed by atoms with E-state index in [2.05, 4.69) is 10.3 Å². The molecular weight excluding hydrogens is 302 g/mol. The van der Waals surface area contributed by atoms with Crippen molar-refractivity contribution in [2.24, 2.45) is 11.8 Å². The van der Waals surface area contributed by atoms with Crippen molar-refractivity contribution in [3.05, 3.63) is 23.0 Å². The van der Waals surface area contributed by atoms with E-state index in [1.165, 1.54) is 11.3 Å². The number of ether oxygens (including phenoxy) is 2. The molecule has 22 heavy (non-hydrogen) atoms. The van der Waals surface area contributed by atoms with E-state index >= 15 is 0 Å². The van der Waals surface area contributed by atoms with E-state index in [1.54, 1.807) is 7.11 Å². The second-order valence-electron chi connectivity index (χ2n) is 6.01. The molecule has 1 saturated carbocycles. The number of thiazole rings is 1. The van der Waals surface area contributed by atoms with Crippen LogP contribution in [0.25, 0.3) is 4.96 Å². The molecule has 1 aliphatic heterocycles. The summed E-state index contributed by atoms with van der Waals surface area (Å²) in [6.45, 7) is 3.28. The first kappa shape index (κ1) is 14.2. The number of fused-ring (bicyclic) bond motifs is 2. The Morgan fingerprint density at radius 3 is 3.32 bits per heavy atom. The molecule has 0 bridgehead atoms. The molecule has 0 spiro atoms. The van der Waals surface area contributed by atoms with Crippen LogP contribution in [0.15, 0.2) is 11.6 Å². The average molecular weight is 321 g/mol. The van der Waals surface area contributed by atoms with E-state index in [0.29, 0.717) is 18.2 Å². The van der Waals surface area contributed by atoms with Gasteiger partial charge in [-0.25, -0.2) is 4.98 Å². The van der Waals surface area contributed by atoms with Crippen molar-refractivity contribution < 1.29 is 14.3 Å². The summed E-state index contributed by atoms with van der Waals surface area (Å²) in [6, 6.07) is 0.128. The standard InChI is InChI=1S/C15H19N3O3S/c1-8-12(18-4-6-22-15(18)16-8)14(19)17-11-9-3-5-21-13(9)10(11)7-20-2/h4,6,9-11,13H,3,5,7H2,1-2H3,(H,17,19)/t9-,10+,11+,13-/m0/s1. The molecule has 0 aromatic carbocycles. The van der Waals surface area contributed by atoms with E-state index in [-0.39, 0.29) is 24.0 Å². The van der Waals surface area contributed by atoms with Crippen LogP contribution in [0, 0.1) is 18.8 Å². The van der Waals surface area contributed by atoms with Gasteiger partial charge in [0.15, 0.2) is 4.96 Å². The number of carbonyl (C=O) groups is 1. The van der Waals surface area contributed by atoms with Gasteiger partial charge in [-0.2, -0.15) is 0 Å². The van der Waals surface area contributed by atoms with E-state index in [4.69, 9.17) is 9.47 Å². The molecule has 6 nitrogen and oxygen atoms in total. The van der Waals surface area contributed by atoms with Crippen molar-refractivity contribution in [1.82, 2.24) is 14.7 Å². The highest BCUT2D eigenvalue weighted by Crippen LogP contribution is 2.43. The number of nitrogens with one attached hydrogen (secondary N) is 1. The highest BCUT2D eigenvalue weighted by Gasteiger charge is 2.54. The van der Waals surface area contributed by atoms with Gasteiger partial charge in [-0.3, -0.25) is 9.20 Å². The van der Waals surface area contributed by atoms with Crippen LogP contribution in [0.2, 0.25) is 0 Å². The Kier molecular flexibility index (Phi) is 3.43. The number of aryl methyl sites for hydroxylation is 1. The summed E-state index contributed by atoms with van der Waals surface area (Å²) in [5.74, 6) is 0.600. The van der Waals surface area contributed by atoms with E-state index in [9.17, 15) is 4.79 Å². The molecule has 1 aliphatic carbocycles. The van der Waals surface area contributed by atoms with Crippen LogP contribution in [0.4, 0.5) is 0 Å². The van der Waals surface area contributed by atoms with Gasteiger partial charge in [0.1, 0.15) is 5.69 Å². The minimum absolute atomic E-state index is 0.0557. The van der Waals surface area contributed by atoms with Crippen LogP contribution in [0.1, 0.15) is 22.6 Å². The van der Waals surface area contributed by atoms with E-state index < -0.39 is 0 Å². The lowest BCUT2D eigenvalue weighted by molar-refractivity contribution is -0.0810. The maximum Gasteiger partial charge on any atom is 0.270 e. The normalized spacial score (nSPS) is 30.3. The predicted octanol–water partition coefficient (Wildman–Crippen LogP) is 1.48. The SMILES string of the molecule is COC[C@@H]1[C@H](NC(=O)c2c(C)nc3sccn23)[C@@H]2CCO[C@H]12. The minimum Gasteiger partial charge on any atom is -0.384 e. The van der Waals surface area contributed by atoms with Crippen molar-refractivity contribution in [1.29, 1.82) is 0 Å². The molecule has 7 heteroatoms. The fourth-order valence-corrected chi connectivity index (χ4v) is 4.58. The second kappa shape index (κ2) is 5.33. The summed E-state index contributed by atoms with van der Waals surface area (Å²) in [6.07, 6.45) is 3.14. The van der Waals surface area contributed by atoms with Crippen LogP contribution >= 0.6 is 11.3 Å². The number of aromatic nitrogens is 2. The molecule has 2 aliphatic rings. The molecule has 1 saturated heterocycles. The van der Waals surface area contributed by atoms with Gasteiger partial charge in [0.2, 0.25) is 0 Å². The number of methoxy groups -OCH3 is 1. The zero-order valence-electron chi connectivity index (χ0n) is 12.6. The first-order valence-corrected chi connectivity index (χ1v) is 8.42. The van der Waals surface area contributed by atoms with Crippen LogP contribution < -0.4 is 5.32 Å².